The van der Waals surface area contributed by atoms with Crippen LogP contribution in [0.1, 0.15) is 35.0 Å². The average molecular weight is 354 g/mol. The lowest BCUT2D eigenvalue weighted by atomic mass is 10.2. The van der Waals surface area contributed by atoms with Gasteiger partial charge in [-0.25, -0.2) is 15.8 Å². The second-order valence-corrected chi connectivity index (χ2v) is 6.82. The van der Waals surface area contributed by atoms with E-state index in [4.69, 9.17) is 5.84 Å². The van der Waals surface area contributed by atoms with Crippen LogP contribution in [0, 0.1) is 6.92 Å². The first-order chi connectivity index (χ1) is 9.67. The maximum Gasteiger partial charge on any atom is 0.148 e. The molecule has 1 aliphatic carbocycles. The molecule has 5 nitrogen and oxygen atoms in total. The summed E-state index contributed by atoms with van der Waals surface area (Å²) in [5.41, 5.74) is 3.62. The standard InChI is InChI=1S/C13H16BrN5S/c1-7-11(16-5-10-4-9(14)6-20-10)17-13(8-2-3-8)18-12(7)19-15/h4,6,8H,2-3,5,15H2,1H3,(H2,16,17,18,19). The number of halogens is 1. The first-order valence-corrected chi connectivity index (χ1v) is 8.16. The number of nitrogens with two attached hydrogens (primary N) is 1. The first kappa shape index (κ1) is 13.8. The van der Waals surface area contributed by atoms with E-state index >= 15 is 0 Å². The van der Waals surface area contributed by atoms with Gasteiger partial charge in [0.2, 0.25) is 0 Å². The van der Waals surface area contributed by atoms with Crippen LogP contribution in [0.25, 0.3) is 0 Å². The van der Waals surface area contributed by atoms with Crippen LogP contribution in [-0.2, 0) is 6.54 Å². The van der Waals surface area contributed by atoms with Gasteiger partial charge in [0.1, 0.15) is 17.5 Å². The van der Waals surface area contributed by atoms with Gasteiger partial charge >= 0.3 is 0 Å². The highest BCUT2D eigenvalue weighted by atomic mass is 79.9. The van der Waals surface area contributed by atoms with E-state index in [-0.39, 0.29) is 0 Å². The first-order valence-electron chi connectivity index (χ1n) is 6.49. The van der Waals surface area contributed by atoms with Gasteiger partial charge in [-0.05, 0) is 41.8 Å². The zero-order valence-corrected chi connectivity index (χ0v) is 13.5. The summed E-state index contributed by atoms with van der Waals surface area (Å²) >= 11 is 5.18. The monoisotopic (exact) mass is 353 g/mol. The second-order valence-electron chi connectivity index (χ2n) is 4.91. The molecule has 0 bridgehead atoms. The summed E-state index contributed by atoms with van der Waals surface area (Å²) in [6.45, 7) is 2.72. The summed E-state index contributed by atoms with van der Waals surface area (Å²) in [6.07, 6.45) is 2.34. The molecule has 0 spiro atoms. The van der Waals surface area contributed by atoms with E-state index in [0.717, 1.165) is 28.2 Å². The molecule has 0 radical (unpaired) electrons. The highest BCUT2D eigenvalue weighted by Crippen LogP contribution is 2.39. The van der Waals surface area contributed by atoms with E-state index in [9.17, 15) is 0 Å². The minimum absolute atomic E-state index is 0.499. The molecule has 2 aromatic heterocycles. The minimum Gasteiger partial charge on any atom is -0.365 e. The molecule has 0 unspecified atom stereocenters. The highest BCUT2D eigenvalue weighted by Gasteiger charge is 2.28. The third kappa shape index (κ3) is 2.94. The lowest BCUT2D eigenvalue weighted by Crippen LogP contribution is -2.14. The number of aromatic nitrogens is 2. The van der Waals surface area contributed by atoms with Crippen molar-refractivity contribution in [3.63, 3.8) is 0 Å². The summed E-state index contributed by atoms with van der Waals surface area (Å²) in [6, 6.07) is 2.11. The van der Waals surface area contributed by atoms with Crippen LogP contribution in [0.2, 0.25) is 0 Å². The van der Waals surface area contributed by atoms with Crippen molar-refractivity contribution in [3.05, 3.63) is 32.2 Å². The van der Waals surface area contributed by atoms with Gasteiger partial charge in [0.05, 0.1) is 6.54 Å². The number of hydrogen-bond donors (Lipinski definition) is 3. The van der Waals surface area contributed by atoms with Crippen LogP contribution in [0.5, 0.6) is 0 Å². The Morgan fingerprint density at radius 1 is 1.40 bits per heavy atom. The van der Waals surface area contributed by atoms with Gasteiger partial charge in [-0.2, -0.15) is 0 Å². The molecule has 0 aliphatic heterocycles. The summed E-state index contributed by atoms with van der Waals surface area (Å²) in [7, 11) is 0. The zero-order valence-electron chi connectivity index (χ0n) is 11.1. The molecule has 0 aromatic carbocycles. The van der Waals surface area contributed by atoms with Crippen molar-refractivity contribution < 1.29 is 0 Å². The second kappa shape index (κ2) is 5.67. The fourth-order valence-corrected chi connectivity index (χ4v) is 3.38. The molecule has 0 saturated heterocycles. The predicted octanol–water partition coefficient (Wildman–Crippen LogP) is 3.38. The van der Waals surface area contributed by atoms with Crippen LogP contribution >= 0.6 is 27.3 Å². The minimum atomic E-state index is 0.499. The molecular formula is C13H16BrN5S. The molecule has 1 fully saturated rings. The molecule has 2 heterocycles. The van der Waals surface area contributed by atoms with Crippen molar-refractivity contribution in [3.8, 4) is 0 Å². The third-order valence-corrected chi connectivity index (χ3v) is 4.99. The predicted molar refractivity (Wildman–Crippen MR) is 85.9 cm³/mol. The molecule has 1 aliphatic rings. The number of anilines is 2. The van der Waals surface area contributed by atoms with Gasteiger partial charge < -0.3 is 10.7 Å². The Kier molecular flexibility index (Phi) is 3.91. The molecule has 2 aromatic rings. The van der Waals surface area contributed by atoms with E-state index in [1.165, 1.54) is 17.7 Å². The lowest BCUT2D eigenvalue weighted by Gasteiger charge is -2.13. The number of nitrogens with one attached hydrogen (secondary N) is 2. The fraction of sp³-hybridized carbons (Fsp3) is 0.385. The number of nitrogen functional groups attached to an aromatic ring is 1. The van der Waals surface area contributed by atoms with Crippen molar-refractivity contribution >= 4 is 38.9 Å². The number of thiophene rings is 1. The van der Waals surface area contributed by atoms with Crippen LogP contribution in [0.4, 0.5) is 11.6 Å². The number of hydrazine groups is 1. The smallest absolute Gasteiger partial charge is 0.148 e. The van der Waals surface area contributed by atoms with Gasteiger partial charge in [-0.3, -0.25) is 0 Å². The molecule has 1 saturated carbocycles. The Bertz CT molecular complexity index is 623. The van der Waals surface area contributed by atoms with E-state index in [1.807, 2.05) is 6.92 Å². The molecule has 4 N–H and O–H groups in total. The molecule has 3 rings (SSSR count). The molecular weight excluding hydrogens is 338 g/mol. The lowest BCUT2D eigenvalue weighted by molar-refractivity contribution is 0.911. The molecule has 106 valence electrons. The van der Waals surface area contributed by atoms with Crippen LogP contribution in [-0.4, -0.2) is 9.97 Å². The number of rotatable bonds is 5. The quantitative estimate of drug-likeness (QED) is 0.567. The van der Waals surface area contributed by atoms with Crippen molar-refractivity contribution in [1.82, 2.24) is 9.97 Å². The SMILES string of the molecule is Cc1c(NN)nc(C2CC2)nc1NCc1cc(Br)cs1. The zero-order chi connectivity index (χ0) is 14.1. The van der Waals surface area contributed by atoms with Crippen LogP contribution in [0.3, 0.4) is 0 Å². The molecule has 7 heteroatoms. The van der Waals surface area contributed by atoms with E-state index in [2.05, 4.69) is 48.1 Å². The van der Waals surface area contributed by atoms with Gasteiger partial charge in [-0.1, -0.05) is 0 Å². The van der Waals surface area contributed by atoms with E-state index in [0.29, 0.717) is 11.7 Å². The molecule has 0 amide bonds. The Morgan fingerprint density at radius 3 is 2.75 bits per heavy atom. The Morgan fingerprint density at radius 2 is 2.15 bits per heavy atom. The van der Waals surface area contributed by atoms with Gasteiger partial charge in [0.25, 0.3) is 0 Å². The van der Waals surface area contributed by atoms with Crippen molar-refractivity contribution in [2.45, 2.75) is 32.2 Å². The summed E-state index contributed by atoms with van der Waals surface area (Å²) in [4.78, 5) is 10.4. The average Bonchev–Trinajstić information content (AvgIpc) is 3.21. The summed E-state index contributed by atoms with van der Waals surface area (Å²) in [5.74, 6) is 8.50. The van der Waals surface area contributed by atoms with Gasteiger partial charge in [0.15, 0.2) is 0 Å². The van der Waals surface area contributed by atoms with Crippen molar-refractivity contribution in [1.29, 1.82) is 0 Å². The normalized spacial score (nSPS) is 14.3. The van der Waals surface area contributed by atoms with Crippen LogP contribution in [0.15, 0.2) is 15.9 Å². The van der Waals surface area contributed by atoms with Crippen molar-refractivity contribution in [2.24, 2.45) is 5.84 Å². The van der Waals surface area contributed by atoms with E-state index < -0.39 is 0 Å². The Balaban J connectivity index is 1.81. The highest BCUT2D eigenvalue weighted by molar-refractivity contribution is 9.10. The van der Waals surface area contributed by atoms with E-state index in [1.54, 1.807) is 11.3 Å². The van der Waals surface area contributed by atoms with Gasteiger partial charge in [0, 0.05) is 26.2 Å². The number of nitrogens with zero attached hydrogens (tertiary/aromatic N) is 2. The maximum absolute atomic E-state index is 5.55. The number of hydrogen-bond acceptors (Lipinski definition) is 6. The van der Waals surface area contributed by atoms with Crippen molar-refractivity contribution in [2.75, 3.05) is 10.7 Å². The fourth-order valence-electron chi connectivity index (χ4n) is 1.99. The Labute approximate surface area is 130 Å². The molecule has 0 atom stereocenters. The summed E-state index contributed by atoms with van der Waals surface area (Å²) in [5, 5.41) is 5.46. The third-order valence-electron chi connectivity index (χ3n) is 3.29. The largest absolute Gasteiger partial charge is 0.365 e. The van der Waals surface area contributed by atoms with Crippen LogP contribution < -0.4 is 16.6 Å². The Hall–Kier alpha value is -1.18. The van der Waals surface area contributed by atoms with Gasteiger partial charge in [-0.15, -0.1) is 11.3 Å². The molecule has 20 heavy (non-hydrogen) atoms. The topological polar surface area (TPSA) is 75.9 Å². The maximum atomic E-state index is 5.55. The summed E-state index contributed by atoms with van der Waals surface area (Å²) < 4.78 is 1.11.